The van der Waals surface area contributed by atoms with Crippen molar-refractivity contribution in [3.05, 3.63) is 29.8 Å². The van der Waals surface area contributed by atoms with Crippen LogP contribution >= 0.6 is 0 Å². The van der Waals surface area contributed by atoms with Gasteiger partial charge in [-0.3, -0.25) is 9.52 Å². The van der Waals surface area contributed by atoms with E-state index in [0.717, 1.165) is 5.56 Å². The van der Waals surface area contributed by atoms with Crippen molar-refractivity contribution in [2.45, 2.75) is 13.8 Å². The van der Waals surface area contributed by atoms with Gasteiger partial charge in [-0.15, -0.1) is 0 Å². The SMILES string of the molecule is Cc1ccc(NS(=O)(=O)CC(C)C(=O)O)cc1. The summed E-state index contributed by atoms with van der Waals surface area (Å²) < 4.78 is 25.6. The van der Waals surface area contributed by atoms with Crippen molar-refractivity contribution in [2.75, 3.05) is 10.5 Å². The minimum atomic E-state index is -3.62. The standard InChI is InChI=1S/C11H15NO4S/c1-8-3-5-10(6-4-8)12-17(15,16)7-9(2)11(13)14/h3-6,9,12H,7H2,1-2H3,(H,13,14). The number of hydrogen-bond donors (Lipinski definition) is 2. The van der Waals surface area contributed by atoms with Crippen molar-refractivity contribution in [3.63, 3.8) is 0 Å². The second kappa shape index (κ2) is 5.18. The number of sulfonamides is 1. The third-order valence-corrected chi connectivity index (χ3v) is 3.70. The van der Waals surface area contributed by atoms with Gasteiger partial charge in [-0.05, 0) is 19.1 Å². The molecule has 0 heterocycles. The number of carboxylic acid groups (broad SMARTS) is 1. The first kappa shape index (κ1) is 13.5. The summed E-state index contributed by atoms with van der Waals surface area (Å²) in [6.07, 6.45) is 0. The van der Waals surface area contributed by atoms with E-state index in [1.807, 2.05) is 6.92 Å². The summed E-state index contributed by atoms with van der Waals surface area (Å²) in [5.74, 6) is -2.49. The average molecular weight is 257 g/mol. The fourth-order valence-electron chi connectivity index (χ4n) is 1.24. The lowest BCUT2D eigenvalue weighted by Gasteiger charge is -2.10. The number of carbonyl (C=O) groups is 1. The summed E-state index contributed by atoms with van der Waals surface area (Å²) in [7, 11) is -3.62. The maximum atomic E-state index is 11.6. The molecule has 1 rings (SSSR count). The summed E-state index contributed by atoms with van der Waals surface area (Å²) in [6, 6.07) is 6.83. The van der Waals surface area contributed by atoms with Gasteiger partial charge in [0.1, 0.15) is 0 Å². The molecule has 5 nitrogen and oxygen atoms in total. The van der Waals surface area contributed by atoms with Gasteiger partial charge in [0.2, 0.25) is 10.0 Å². The van der Waals surface area contributed by atoms with Gasteiger partial charge in [-0.25, -0.2) is 8.42 Å². The van der Waals surface area contributed by atoms with Crippen LogP contribution in [0.15, 0.2) is 24.3 Å². The van der Waals surface area contributed by atoms with Crippen LogP contribution in [0.25, 0.3) is 0 Å². The lowest BCUT2D eigenvalue weighted by atomic mass is 10.2. The molecule has 0 spiro atoms. The third kappa shape index (κ3) is 4.44. The van der Waals surface area contributed by atoms with Crippen molar-refractivity contribution in [1.82, 2.24) is 0 Å². The molecule has 0 fully saturated rings. The highest BCUT2D eigenvalue weighted by Gasteiger charge is 2.20. The predicted molar refractivity (Wildman–Crippen MR) is 65.4 cm³/mol. The average Bonchev–Trinajstić information content (AvgIpc) is 2.20. The largest absolute Gasteiger partial charge is 0.481 e. The number of hydrogen-bond acceptors (Lipinski definition) is 3. The van der Waals surface area contributed by atoms with Gasteiger partial charge in [0.15, 0.2) is 0 Å². The molecule has 0 saturated carbocycles. The van der Waals surface area contributed by atoms with Gasteiger partial charge in [-0.1, -0.05) is 24.6 Å². The Balaban J connectivity index is 2.73. The number of rotatable bonds is 5. The molecule has 0 saturated heterocycles. The molecular formula is C11H15NO4S. The van der Waals surface area contributed by atoms with Crippen LogP contribution < -0.4 is 4.72 Å². The van der Waals surface area contributed by atoms with E-state index < -0.39 is 27.7 Å². The Morgan fingerprint density at radius 2 is 1.88 bits per heavy atom. The lowest BCUT2D eigenvalue weighted by molar-refractivity contribution is -0.140. The van der Waals surface area contributed by atoms with Gasteiger partial charge < -0.3 is 5.11 Å². The van der Waals surface area contributed by atoms with Gasteiger partial charge in [0.05, 0.1) is 11.7 Å². The molecule has 0 aliphatic rings. The maximum Gasteiger partial charge on any atom is 0.307 e. The molecule has 6 heteroatoms. The van der Waals surface area contributed by atoms with Crippen molar-refractivity contribution < 1.29 is 18.3 Å². The van der Waals surface area contributed by atoms with Gasteiger partial charge in [-0.2, -0.15) is 0 Å². The highest BCUT2D eigenvalue weighted by molar-refractivity contribution is 7.92. The van der Waals surface area contributed by atoms with E-state index in [-0.39, 0.29) is 0 Å². The minimum Gasteiger partial charge on any atom is -0.481 e. The van der Waals surface area contributed by atoms with Gasteiger partial charge in [0, 0.05) is 5.69 Å². The molecule has 0 radical (unpaired) electrons. The number of anilines is 1. The van der Waals surface area contributed by atoms with Gasteiger partial charge in [0.25, 0.3) is 0 Å². The smallest absolute Gasteiger partial charge is 0.307 e. The Hall–Kier alpha value is -1.56. The Bertz CT molecular complexity index is 493. The van der Waals surface area contributed by atoms with Crippen LogP contribution in [0.3, 0.4) is 0 Å². The van der Waals surface area contributed by atoms with E-state index in [1.165, 1.54) is 6.92 Å². The number of benzene rings is 1. The molecule has 17 heavy (non-hydrogen) atoms. The molecule has 0 aliphatic heterocycles. The topological polar surface area (TPSA) is 83.5 Å². The number of aliphatic carboxylic acids is 1. The molecule has 0 bridgehead atoms. The first-order valence-corrected chi connectivity index (χ1v) is 6.75. The van der Waals surface area contributed by atoms with E-state index in [1.54, 1.807) is 24.3 Å². The molecule has 94 valence electrons. The van der Waals surface area contributed by atoms with Crippen molar-refractivity contribution >= 4 is 21.7 Å². The fraction of sp³-hybridized carbons (Fsp3) is 0.364. The molecule has 1 unspecified atom stereocenters. The molecule has 1 aromatic carbocycles. The molecule has 1 aromatic rings. The van der Waals surface area contributed by atoms with Crippen LogP contribution in [0.4, 0.5) is 5.69 Å². The monoisotopic (exact) mass is 257 g/mol. The zero-order valence-corrected chi connectivity index (χ0v) is 10.5. The van der Waals surface area contributed by atoms with E-state index in [4.69, 9.17) is 5.11 Å². The Morgan fingerprint density at radius 1 is 1.35 bits per heavy atom. The molecule has 2 N–H and O–H groups in total. The molecular weight excluding hydrogens is 242 g/mol. The molecule has 0 amide bonds. The van der Waals surface area contributed by atoms with Crippen LogP contribution in [-0.4, -0.2) is 25.2 Å². The highest BCUT2D eigenvalue weighted by atomic mass is 32.2. The van der Waals surface area contributed by atoms with Crippen molar-refractivity contribution in [3.8, 4) is 0 Å². The molecule has 0 aliphatic carbocycles. The summed E-state index contributed by atoms with van der Waals surface area (Å²) >= 11 is 0. The normalized spacial score (nSPS) is 13.1. The first-order valence-electron chi connectivity index (χ1n) is 5.10. The van der Waals surface area contributed by atoms with Crippen LogP contribution in [0, 0.1) is 12.8 Å². The Morgan fingerprint density at radius 3 is 2.35 bits per heavy atom. The Kier molecular flexibility index (Phi) is 4.11. The Labute approximate surface area is 101 Å². The van der Waals surface area contributed by atoms with E-state index >= 15 is 0 Å². The van der Waals surface area contributed by atoms with E-state index in [2.05, 4.69) is 4.72 Å². The summed E-state index contributed by atoms with van der Waals surface area (Å²) in [5, 5.41) is 8.66. The molecule has 0 aromatic heterocycles. The second-order valence-corrected chi connectivity index (χ2v) is 5.76. The van der Waals surface area contributed by atoms with Crippen LogP contribution in [-0.2, 0) is 14.8 Å². The summed E-state index contributed by atoms with van der Waals surface area (Å²) in [6.45, 7) is 3.25. The quantitative estimate of drug-likeness (QED) is 0.836. The third-order valence-electron chi connectivity index (χ3n) is 2.22. The van der Waals surface area contributed by atoms with Crippen LogP contribution in [0.2, 0.25) is 0 Å². The zero-order valence-electron chi connectivity index (χ0n) is 9.67. The summed E-state index contributed by atoms with van der Waals surface area (Å²) in [5.41, 5.74) is 1.46. The highest BCUT2D eigenvalue weighted by Crippen LogP contribution is 2.12. The van der Waals surface area contributed by atoms with E-state index in [9.17, 15) is 13.2 Å². The predicted octanol–water partition coefficient (Wildman–Crippen LogP) is 1.46. The van der Waals surface area contributed by atoms with E-state index in [0.29, 0.717) is 5.69 Å². The summed E-state index contributed by atoms with van der Waals surface area (Å²) in [4.78, 5) is 10.6. The van der Waals surface area contributed by atoms with Crippen LogP contribution in [0.5, 0.6) is 0 Å². The second-order valence-electron chi connectivity index (χ2n) is 3.99. The zero-order chi connectivity index (χ0) is 13.1. The number of nitrogens with one attached hydrogen (secondary N) is 1. The minimum absolute atomic E-state index is 0.434. The fourth-order valence-corrected chi connectivity index (χ4v) is 2.62. The maximum absolute atomic E-state index is 11.6. The lowest BCUT2D eigenvalue weighted by Crippen LogP contribution is -2.25. The van der Waals surface area contributed by atoms with Gasteiger partial charge >= 0.3 is 5.97 Å². The van der Waals surface area contributed by atoms with Crippen molar-refractivity contribution in [2.24, 2.45) is 5.92 Å². The first-order chi connectivity index (χ1) is 7.80. The van der Waals surface area contributed by atoms with Crippen LogP contribution in [0.1, 0.15) is 12.5 Å². The molecule has 1 atom stereocenters. The van der Waals surface area contributed by atoms with Crippen molar-refractivity contribution in [1.29, 1.82) is 0 Å². The number of aryl methyl sites for hydroxylation is 1. The number of carboxylic acids is 1.